The molecule has 0 saturated carbocycles. The van der Waals surface area contributed by atoms with Gasteiger partial charge < -0.3 is 30.8 Å². The van der Waals surface area contributed by atoms with Gasteiger partial charge in [-0.3, -0.25) is 9.59 Å². The fourth-order valence-electron chi connectivity index (χ4n) is 3.11. The molecule has 3 atom stereocenters. The molecule has 1 aromatic carbocycles. The zero-order chi connectivity index (χ0) is 23.1. The van der Waals surface area contributed by atoms with Gasteiger partial charge in [-0.15, -0.1) is 0 Å². The van der Waals surface area contributed by atoms with Crippen molar-refractivity contribution in [3.05, 3.63) is 29.8 Å². The molecule has 2 unspecified atom stereocenters. The molecule has 0 aromatic heterocycles. The Bertz CT molecular complexity index is 683. The molecule has 0 radical (unpaired) electrons. The van der Waals surface area contributed by atoms with Crippen molar-refractivity contribution in [3.63, 3.8) is 0 Å². The summed E-state index contributed by atoms with van der Waals surface area (Å²) >= 11 is 0. The summed E-state index contributed by atoms with van der Waals surface area (Å²) in [5.41, 5.74) is 1.08. The molecule has 2 amide bonds. The summed E-state index contributed by atoms with van der Waals surface area (Å²) in [6.45, 7) is 7.26. The predicted octanol–water partition coefficient (Wildman–Crippen LogP) is 1.04. The molecule has 174 valence electrons. The van der Waals surface area contributed by atoms with Gasteiger partial charge in [-0.05, 0) is 44.4 Å². The van der Waals surface area contributed by atoms with Gasteiger partial charge in [0, 0.05) is 12.6 Å². The smallest absolute Gasteiger partial charge is 0.237 e. The summed E-state index contributed by atoms with van der Waals surface area (Å²) in [5, 5.41) is 11.7. The van der Waals surface area contributed by atoms with Gasteiger partial charge in [0.25, 0.3) is 0 Å². The summed E-state index contributed by atoms with van der Waals surface area (Å²) in [4.78, 5) is 34.1. The van der Waals surface area contributed by atoms with E-state index in [9.17, 15) is 14.4 Å². The SMILES string of the molecule is CCCC(NC)C(=O)NCC(C)Cc1ccccc1OC[C@H](C)NCC(=O)NCC=O. The van der Waals surface area contributed by atoms with Crippen LogP contribution >= 0.6 is 0 Å². The first-order valence-corrected chi connectivity index (χ1v) is 11.0. The van der Waals surface area contributed by atoms with Crippen LogP contribution in [0.2, 0.25) is 0 Å². The molecule has 4 N–H and O–H groups in total. The Balaban J connectivity index is 2.49. The molecule has 0 aliphatic carbocycles. The van der Waals surface area contributed by atoms with E-state index in [1.54, 1.807) is 0 Å². The number of amides is 2. The molecule has 31 heavy (non-hydrogen) atoms. The number of hydrogen-bond acceptors (Lipinski definition) is 6. The minimum atomic E-state index is -0.227. The number of rotatable bonds is 16. The highest BCUT2D eigenvalue weighted by atomic mass is 16.5. The van der Waals surface area contributed by atoms with Crippen LogP contribution in [0, 0.1) is 5.92 Å². The fourth-order valence-corrected chi connectivity index (χ4v) is 3.11. The Morgan fingerprint density at radius 1 is 1.16 bits per heavy atom. The van der Waals surface area contributed by atoms with Crippen molar-refractivity contribution in [2.45, 2.75) is 52.1 Å². The number of likely N-dealkylation sites (N-methyl/N-ethyl adjacent to an activating group) is 1. The van der Waals surface area contributed by atoms with Gasteiger partial charge in [0.2, 0.25) is 11.8 Å². The molecule has 1 rings (SSSR count). The fraction of sp³-hybridized carbons (Fsp3) is 0.609. The first-order chi connectivity index (χ1) is 14.9. The van der Waals surface area contributed by atoms with Gasteiger partial charge in [0.1, 0.15) is 18.6 Å². The predicted molar refractivity (Wildman–Crippen MR) is 122 cm³/mol. The topological polar surface area (TPSA) is 109 Å². The lowest BCUT2D eigenvalue weighted by Gasteiger charge is -2.20. The first-order valence-electron chi connectivity index (χ1n) is 11.0. The Morgan fingerprint density at radius 3 is 2.58 bits per heavy atom. The molecule has 8 heteroatoms. The number of ether oxygens (including phenoxy) is 1. The van der Waals surface area contributed by atoms with Crippen LogP contribution in [-0.2, 0) is 20.8 Å². The van der Waals surface area contributed by atoms with Crippen LogP contribution in [0.15, 0.2) is 24.3 Å². The minimum Gasteiger partial charge on any atom is -0.492 e. The van der Waals surface area contributed by atoms with Crippen molar-refractivity contribution >= 4 is 18.1 Å². The van der Waals surface area contributed by atoms with Crippen molar-refractivity contribution in [2.75, 3.05) is 33.3 Å². The van der Waals surface area contributed by atoms with Crippen LogP contribution < -0.4 is 26.0 Å². The standard InChI is InChI=1S/C23H38N4O4/c1-5-8-20(24-4)23(30)27-14-17(2)13-19-9-6-7-10-21(19)31-16-18(3)26-15-22(29)25-11-12-28/h6-7,9-10,12,17-18,20,24,26H,5,8,11,13-16H2,1-4H3,(H,25,29)(H,27,30)/t17?,18-,20?/m0/s1. The summed E-state index contributed by atoms with van der Waals surface area (Å²) in [6, 6.07) is 7.68. The quantitative estimate of drug-likeness (QED) is 0.290. The second-order valence-electron chi connectivity index (χ2n) is 7.86. The van der Waals surface area contributed by atoms with E-state index in [1.807, 2.05) is 38.2 Å². The molecule has 0 aliphatic heterocycles. The lowest BCUT2D eigenvalue weighted by atomic mass is 10.00. The number of aldehydes is 1. The largest absolute Gasteiger partial charge is 0.492 e. The van der Waals surface area contributed by atoms with Gasteiger partial charge in [-0.2, -0.15) is 0 Å². The third kappa shape index (κ3) is 10.9. The van der Waals surface area contributed by atoms with Crippen LogP contribution in [0.4, 0.5) is 0 Å². The van der Waals surface area contributed by atoms with E-state index < -0.39 is 0 Å². The van der Waals surface area contributed by atoms with Crippen molar-refractivity contribution < 1.29 is 19.1 Å². The van der Waals surface area contributed by atoms with Crippen molar-refractivity contribution in [2.24, 2.45) is 5.92 Å². The monoisotopic (exact) mass is 434 g/mol. The Kier molecular flexibility index (Phi) is 13.2. The second kappa shape index (κ2) is 15.4. The van der Waals surface area contributed by atoms with E-state index in [-0.39, 0.29) is 42.9 Å². The number of nitrogens with one attached hydrogen (secondary N) is 4. The molecule has 8 nitrogen and oxygen atoms in total. The minimum absolute atomic E-state index is 0.0195. The summed E-state index contributed by atoms with van der Waals surface area (Å²) in [6.07, 6.45) is 3.20. The first kappa shape index (κ1) is 26.6. The maximum atomic E-state index is 12.3. The lowest BCUT2D eigenvalue weighted by molar-refractivity contribution is -0.123. The third-order valence-corrected chi connectivity index (χ3v) is 4.89. The van der Waals surface area contributed by atoms with Crippen LogP contribution in [0.3, 0.4) is 0 Å². The normalized spacial score (nSPS) is 13.7. The highest BCUT2D eigenvalue weighted by molar-refractivity contribution is 5.81. The highest BCUT2D eigenvalue weighted by Crippen LogP contribution is 2.21. The molecule has 0 bridgehead atoms. The molecule has 1 aromatic rings. The van der Waals surface area contributed by atoms with E-state index in [0.717, 1.165) is 30.6 Å². The van der Waals surface area contributed by atoms with Crippen LogP contribution in [0.1, 0.15) is 39.2 Å². The second-order valence-corrected chi connectivity index (χ2v) is 7.86. The molecule has 0 heterocycles. The molecule has 0 aliphatic rings. The summed E-state index contributed by atoms with van der Waals surface area (Å²) in [7, 11) is 1.81. The average molecular weight is 435 g/mol. The molecule has 0 spiro atoms. The molecule has 0 saturated heterocycles. The van der Waals surface area contributed by atoms with E-state index in [1.165, 1.54) is 0 Å². The molecular formula is C23H38N4O4. The summed E-state index contributed by atoms with van der Waals surface area (Å²) in [5.74, 6) is 0.871. The average Bonchev–Trinajstić information content (AvgIpc) is 2.77. The number of para-hydroxylation sites is 1. The van der Waals surface area contributed by atoms with Crippen molar-refractivity contribution in [3.8, 4) is 5.75 Å². The van der Waals surface area contributed by atoms with Crippen LogP contribution in [0.25, 0.3) is 0 Å². The van der Waals surface area contributed by atoms with Crippen LogP contribution in [0.5, 0.6) is 5.75 Å². The van der Waals surface area contributed by atoms with E-state index >= 15 is 0 Å². The van der Waals surface area contributed by atoms with Gasteiger partial charge in [0.15, 0.2) is 0 Å². The van der Waals surface area contributed by atoms with E-state index in [4.69, 9.17) is 4.74 Å². The van der Waals surface area contributed by atoms with Gasteiger partial charge in [-0.1, -0.05) is 38.5 Å². The van der Waals surface area contributed by atoms with Crippen LogP contribution in [-0.4, -0.2) is 63.5 Å². The molecular weight excluding hydrogens is 396 g/mol. The highest BCUT2D eigenvalue weighted by Gasteiger charge is 2.16. The Hall–Kier alpha value is -2.45. The summed E-state index contributed by atoms with van der Waals surface area (Å²) < 4.78 is 5.98. The third-order valence-electron chi connectivity index (χ3n) is 4.89. The number of carbonyl (C=O) groups excluding carboxylic acids is 3. The maximum absolute atomic E-state index is 12.3. The number of benzene rings is 1. The number of hydrogen-bond donors (Lipinski definition) is 4. The maximum Gasteiger partial charge on any atom is 0.237 e. The Labute approximate surface area is 185 Å². The van der Waals surface area contributed by atoms with Gasteiger partial charge in [0.05, 0.1) is 19.1 Å². The van der Waals surface area contributed by atoms with Gasteiger partial charge in [-0.25, -0.2) is 0 Å². The zero-order valence-electron chi connectivity index (χ0n) is 19.2. The van der Waals surface area contributed by atoms with Crippen molar-refractivity contribution in [1.82, 2.24) is 21.3 Å². The van der Waals surface area contributed by atoms with E-state index in [2.05, 4.69) is 35.1 Å². The van der Waals surface area contributed by atoms with Gasteiger partial charge >= 0.3 is 0 Å². The molecule has 0 fully saturated rings. The zero-order valence-corrected chi connectivity index (χ0v) is 19.2. The Morgan fingerprint density at radius 2 is 1.90 bits per heavy atom. The lowest BCUT2D eigenvalue weighted by Crippen LogP contribution is -2.44. The van der Waals surface area contributed by atoms with E-state index in [0.29, 0.717) is 19.4 Å². The van der Waals surface area contributed by atoms with Crippen molar-refractivity contribution in [1.29, 1.82) is 0 Å². The number of carbonyl (C=O) groups is 3.